The second kappa shape index (κ2) is 8.78. The second-order valence-electron chi connectivity index (χ2n) is 9.66. The molecular formula is C25H27ClFN3O3. The fourth-order valence-corrected chi connectivity index (χ4v) is 4.49. The summed E-state index contributed by atoms with van der Waals surface area (Å²) in [5.74, 6) is -1.36. The number of carbonyl (C=O) groups excluding carboxylic acids is 1. The van der Waals surface area contributed by atoms with Crippen molar-refractivity contribution in [1.29, 1.82) is 0 Å². The van der Waals surface area contributed by atoms with Crippen molar-refractivity contribution in [2.75, 3.05) is 13.1 Å². The average molecular weight is 472 g/mol. The molecule has 1 amide bonds. The third kappa shape index (κ3) is 4.74. The van der Waals surface area contributed by atoms with Crippen molar-refractivity contribution >= 4 is 34.5 Å². The first-order chi connectivity index (χ1) is 15.5. The number of fused-ring (bicyclic) bond motifs is 1. The summed E-state index contributed by atoms with van der Waals surface area (Å²) in [4.78, 5) is 30.6. The van der Waals surface area contributed by atoms with Gasteiger partial charge in [0, 0.05) is 37.0 Å². The quantitative estimate of drug-likeness (QED) is 0.549. The number of pyridine rings is 1. The number of rotatable bonds is 4. The summed E-state index contributed by atoms with van der Waals surface area (Å²) in [5, 5.41) is 9.06. The molecule has 0 unspecified atom stereocenters. The number of hydrogen-bond acceptors (Lipinski definition) is 3. The first-order valence-corrected chi connectivity index (χ1v) is 11.4. The zero-order chi connectivity index (χ0) is 23.9. The number of aliphatic carboxylic acids is 1. The molecule has 1 aliphatic heterocycles. The number of carboxylic acid groups (broad SMARTS) is 1. The van der Waals surface area contributed by atoms with Crippen molar-refractivity contribution in [1.82, 2.24) is 14.5 Å². The van der Waals surface area contributed by atoms with Crippen molar-refractivity contribution in [3.63, 3.8) is 0 Å². The topological polar surface area (TPSA) is 75.4 Å². The van der Waals surface area contributed by atoms with Crippen LogP contribution in [0.1, 0.15) is 56.1 Å². The fourth-order valence-electron chi connectivity index (χ4n) is 4.37. The van der Waals surface area contributed by atoms with Gasteiger partial charge in [0.25, 0.3) is 5.91 Å². The average Bonchev–Trinajstić information content (AvgIpc) is 3.15. The molecule has 0 saturated carbocycles. The van der Waals surface area contributed by atoms with Crippen LogP contribution in [0.15, 0.2) is 36.5 Å². The predicted octanol–water partition coefficient (Wildman–Crippen LogP) is 5.44. The molecule has 4 rings (SSSR count). The molecule has 0 radical (unpaired) electrons. The Hall–Kier alpha value is -2.93. The molecule has 1 aliphatic rings. The molecule has 33 heavy (non-hydrogen) atoms. The molecule has 8 heteroatoms. The summed E-state index contributed by atoms with van der Waals surface area (Å²) in [5.41, 5.74) is 3.15. The van der Waals surface area contributed by atoms with E-state index in [0.29, 0.717) is 42.8 Å². The van der Waals surface area contributed by atoms with Crippen molar-refractivity contribution in [2.24, 2.45) is 5.92 Å². The van der Waals surface area contributed by atoms with E-state index in [4.69, 9.17) is 21.7 Å². The molecule has 1 saturated heterocycles. The fraction of sp³-hybridized carbons (Fsp3) is 0.400. The van der Waals surface area contributed by atoms with Crippen LogP contribution in [0.5, 0.6) is 0 Å². The summed E-state index contributed by atoms with van der Waals surface area (Å²) in [7, 11) is 0. The lowest BCUT2D eigenvalue weighted by atomic mass is 9.88. The van der Waals surface area contributed by atoms with E-state index in [2.05, 4.69) is 20.8 Å². The second-order valence-corrected chi connectivity index (χ2v) is 10.1. The lowest BCUT2D eigenvalue weighted by molar-refractivity contribution is -0.138. The van der Waals surface area contributed by atoms with Gasteiger partial charge in [0.1, 0.15) is 11.5 Å². The molecule has 1 aromatic carbocycles. The number of carbonyl (C=O) groups is 2. The Morgan fingerprint density at radius 2 is 1.88 bits per heavy atom. The van der Waals surface area contributed by atoms with Crippen LogP contribution in [0.25, 0.3) is 16.7 Å². The van der Waals surface area contributed by atoms with Crippen molar-refractivity contribution in [3.8, 4) is 5.69 Å². The third-order valence-electron chi connectivity index (χ3n) is 6.22. The maximum absolute atomic E-state index is 14.1. The lowest BCUT2D eigenvalue weighted by Crippen LogP contribution is -2.39. The van der Waals surface area contributed by atoms with Crippen LogP contribution < -0.4 is 0 Å². The Bertz CT molecular complexity index is 1220. The maximum Gasteiger partial charge on any atom is 0.303 e. The number of likely N-dealkylation sites (tertiary alicyclic amines) is 1. The monoisotopic (exact) mass is 471 g/mol. The van der Waals surface area contributed by atoms with Gasteiger partial charge in [-0.15, -0.1) is 0 Å². The van der Waals surface area contributed by atoms with Crippen LogP contribution in [0.4, 0.5) is 4.39 Å². The zero-order valence-corrected chi connectivity index (χ0v) is 19.7. The minimum Gasteiger partial charge on any atom is -0.481 e. The lowest BCUT2D eigenvalue weighted by Gasteiger charge is -2.31. The Morgan fingerprint density at radius 3 is 2.48 bits per heavy atom. The van der Waals surface area contributed by atoms with E-state index in [-0.39, 0.29) is 28.7 Å². The van der Waals surface area contributed by atoms with Crippen molar-refractivity contribution in [2.45, 2.75) is 45.4 Å². The maximum atomic E-state index is 14.1. The third-order valence-corrected chi connectivity index (χ3v) is 6.53. The Labute approximate surface area is 197 Å². The number of benzene rings is 1. The Kier molecular flexibility index (Phi) is 6.18. The van der Waals surface area contributed by atoms with Crippen LogP contribution in [-0.4, -0.2) is 44.5 Å². The molecule has 1 fully saturated rings. The van der Waals surface area contributed by atoms with Crippen molar-refractivity contribution in [3.05, 3.63) is 58.6 Å². The van der Waals surface area contributed by atoms with Crippen LogP contribution in [0.2, 0.25) is 5.02 Å². The SMILES string of the molecule is CC(C)(C)c1cn(-c2ccc(Cl)c(F)c2)c2ccc(C(=O)N3CCC(CC(=O)O)CC3)nc12. The molecule has 1 N–H and O–H groups in total. The molecule has 0 spiro atoms. The van der Waals surface area contributed by atoms with Gasteiger partial charge in [-0.1, -0.05) is 32.4 Å². The van der Waals surface area contributed by atoms with Gasteiger partial charge < -0.3 is 14.6 Å². The van der Waals surface area contributed by atoms with Gasteiger partial charge in [0.05, 0.1) is 16.1 Å². The summed E-state index contributed by atoms with van der Waals surface area (Å²) in [6.45, 7) is 7.25. The Balaban J connectivity index is 1.69. The molecule has 3 heterocycles. The minimum atomic E-state index is -0.799. The van der Waals surface area contributed by atoms with Crippen LogP contribution in [0, 0.1) is 11.7 Å². The summed E-state index contributed by atoms with van der Waals surface area (Å²) in [6, 6.07) is 8.19. The molecular weight excluding hydrogens is 445 g/mol. The van der Waals surface area contributed by atoms with Gasteiger partial charge in [0.15, 0.2) is 0 Å². The molecule has 0 atom stereocenters. The summed E-state index contributed by atoms with van der Waals surface area (Å²) < 4.78 is 16.0. The van der Waals surface area contributed by atoms with E-state index in [1.165, 1.54) is 12.1 Å². The van der Waals surface area contributed by atoms with Crippen LogP contribution in [-0.2, 0) is 10.2 Å². The Morgan fingerprint density at radius 1 is 1.18 bits per heavy atom. The van der Waals surface area contributed by atoms with Gasteiger partial charge in [-0.05, 0) is 54.5 Å². The van der Waals surface area contributed by atoms with Crippen LogP contribution in [0.3, 0.4) is 0 Å². The summed E-state index contributed by atoms with van der Waals surface area (Å²) in [6.07, 6.45) is 3.42. The highest BCUT2D eigenvalue weighted by atomic mass is 35.5. The largest absolute Gasteiger partial charge is 0.481 e. The molecule has 0 aliphatic carbocycles. The van der Waals surface area contributed by atoms with Gasteiger partial charge in [-0.3, -0.25) is 9.59 Å². The van der Waals surface area contributed by atoms with Crippen LogP contribution >= 0.6 is 11.6 Å². The first kappa shape index (κ1) is 23.2. The smallest absolute Gasteiger partial charge is 0.303 e. The molecule has 174 valence electrons. The van der Waals surface area contributed by atoms with Gasteiger partial charge >= 0.3 is 5.97 Å². The van der Waals surface area contributed by atoms with E-state index in [1.54, 1.807) is 17.0 Å². The number of piperidine rings is 1. The number of amides is 1. The number of carboxylic acids is 1. The zero-order valence-electron chi connectivity index (χ0n) is 18.9. The number of halogens is 2. The van der Waals surface area contributed by atoms with E-state index < -0.39 is 11.8 Å². The number of nitrogens with zero attached hydrogens (tertiary/aromatic N) is 3. The predicted molar refractivity (Wildman–Crippen MR) is 126 cm³/mol. The van der Waals surface area contributed by atoms with E-state index in [0.717, 1.165) is 11.1 Å². The standard InChI is InChI=1S/C25H27ClFN3O3/c1-25(2,3)17-14-30(16-4-5-18(26)19(27)13-16)21-7-6-20(28-23(17)21)24(33)29-10-8-15(9-11-29)12-22(31)32/h4-7,13-15H,8-12H2,1-3H3,(H,31,32). The van der Waals surface area contributed by atoms with E-state index >= 15 is 0 Å². The molecule has 0 bridgehead atoms. The normalized spacial score (nSPS) is 15.2. The minimum absolute atomic E-state index is 0.0596. The van der Waals surface area contributed by atoms with Gasteiger partial charge in [-0.25, -0.2) is 9.37 Å². The highest BCUT2D eigenvalue weighted by Crippen LogP contribution is 2.33. The van der Waals surface area contributed by atoms with E-state index in [1.807, 2.05) is 16.8 Å². The first-order valence-electron chi connectivity index (χ1n) is 11.0. The highest BCUT2D eigenvalue weighted by molar-refractivity contribution is 6.30. The van der Waals surface area contributed by atoms with E-state index in [9.17, 15) is 14.0 Å². The number of aromatic nitrogens is 2. The molecule has 3 aromatic rings. The highest BCUT2D eigenvalue weighted by Gasteiger charge is 2.27. The van der Waals surface area contributed by atoms with Crippen molar-refractivity contribution < 1.29 is 19.1 Å². The number of hydrogen-bond donors (Lipinski definition) is 1. The molecule has 6 nitrogen and oxygen atoms in total. The summed E-state index contributed by atoms with van der Waals surface area (Å²) >= 11 is 5.86. The van der Waals surface area contributed by atoms with Gasteiger partial charge in [-0.2, -0.15) is 0 Å². The molecule has 2 aromatic heterocycles. The van der Waals surface area contributed by atoms with Gasteiger partial charge in [0.2, 0.25) is 0 Å².